The summed E-state index contributed by atoms with van der Waals surface area (Å²) in [6.07, 6.45) is 6.88. The molecule has 0 radical (unpaired) electrons. The molecule has 1 amide bonds. The van der Waals surface area contributed by atoms with Gasteiger partial charge in [0.1, 0.15) is 5.69 Å². The Labute approximate surface area is 95.7 Å². The highest BCUT2D eigenvalue weighted by molar-refractivity contribution is 5.92. The Morgan fingerprint density at radius 1 is 1.50 bits per heavy atom. The average Bonchev–Trinajstić information content (AvgIpc) is 2.78. The van der Waals surface area contributed by atoms with Crippen molar-refractivity contribution in [3.8, 4) is 0 Å². The molecule has 0 aliphatic carbocycles. The van der Waals surface area contributed by atoms with Crippen LogP contribution in [-0.4, -0.2) is 33.4 Å². The van der Waals surface area contributed by atoms with Crippen molar-refractivity contribution in [1.82, 2.24) is 14.9 Å². The molecule has 2 heterocycles. The van der Waals surface area contributed by atoms with Gasteiger partial charge in [0.25, 0.3) is 5.91 Å². The maximum absolute atomic E-state index is 12.2. The lowest BCUT2D eigenvalue weighted by Gasteiger charge is -2.27. The molecule has 4 heteroatoms. The van der Waals surface area contributed by atoms with Crippen molar-refractivity contribution in [2.24, 2.45) is 5.92 Å². The molecule has 0 aromatic carbocycles. The van der Waals surface area contributed by atoms with Crippen molar-refractivity contribution in [3.63, 3.8) is 0 Å². The van der Waals surface area contributed by atoms with Crippen LogP contribution in [0.2, 0.25) is 0 Å². The fraction of sp³-hybridized carbons (Fsp3) is 0.583. The minimum atomic E-state index is 0.0179. The Morgan fingerprint density at radius 3 is 2.94 bits per heavy atom. The molecule has 0 spiro atoms. The quantitative estimate of drug-likeness (QED) is 0.761. The molecule has 1 unspecified atom stereocenters. The normalized spacial score (nSPS) is 20.4. The second-order valence-electron chi connectivity index (χ2n) is 4.54. The van der Waals surface area contributed by atoms with Crippen LogP contribution in [0.5, 0.6) is 0 Å². The molecule has 0 bridgehead atoms. The molecule has 1 saturated heterocycles. The molecule has 16 heavy (non-hydrogen) atoms. The predicted octanol–water partition coefficient (Wildman–Crippen LogP) is 1.74. The first-order chi connectivity index (χ1) is 7.70. The lowest BCUT2D eigenvalue weighted by molar-refractivity contribution is 0.0695. The number of carbonyl (C=O) groups is 1. The smallest absolute Gasteiger partial charge is 0.274 e. The van der Waals surface area contributed by atoms with Crippen molar-refractivity contribution in [2.75, 3.05) is 6.54 Å². The van der Waals surface area contributed by atoms with E-state index in [1.165, 1.54) is 6.20 Å². The third-order valence-electron chi connectivity index (χ3n) is 3.11. The molecule has 2 rings (SSSR count). The van der Waals surface area contributed by atoms with Gasteiger partial charge in [-0.3, -0.25) is 9.78 Å². The van der Waals surface area contributed by atoms with E-state index in [-0.39, 0.29) is 5.91 Å². The molecule has 86 valence electrons. The number of likely N-dealkylation sites (tertiary alicyclic amines) is 1. The highest BCUT2D eigenvalue weighted by Crippen LogP contribution is 2.24. The first-order valence-electron chi connectivity index (χ1n) is 5.77. The van der Waals surface area contributed by atoms with Gasteiger partial charge in [-0.25, -0.2) is 4.98 Å². The number of hydrogen-bond donors (Lipinski definition) is 0. The molecule has 1 aliphatic rings. The lowest BCUT2D eigenvalue weighted by atomic mass is 10.0. The molecule has 1 aromatic heterocycles. The molecule has 0 saturated carbocycles. The Hall–Kier alpha value is -1.45. The van der Waals surface area contributed by atoms with Gasteiger partial charge in [0.05, 0.1) is 6.20 Å². The summed E-state index contributed by atoms with van der Waals surface area (Å²) in [6.45, 7) is 5.16. The molecular formula is C12H17N3O. The van der Waals surface area contributed by atoms with Crippen LogP contribution in [0, 0.1) is 5.92 Å². The molecule has 0 N–H and O–H groups in total. The van der Waals surface area contributed by atoms with Gasteiger partial charge in [0, 0.05) is 25.0 Å². The SMILES string of the molecule is CC(C)C1CCCN1C(=O)c1cnccn1. The van der Waals surface area contributed by atoms with Gasteiger partial charge in [-0.2, -0.15) is 0 Å². The number of hydrogen-bond acceptors (Lipinski definition) is 3. The third-order valence-corrected chi connectivity index (χ3v) is 3.11. The summed E-state index contributed by atoms with van der Waals surface area (Å²) in [7, 11) is 0. The van der Waals surface area contributed by atoms with Gasteiger partial charge in [-0.1, -0.05) is 13.8 Å². The lowest BCUT2D eigenvalue weighted by Crippen LogP contribution is -2.38. The van der Waals surface area contributed by atoms with Crippen molar-refractivity contribution in [1.29, 1.82) is 0 Å². The average molecular weight is 219 g/mol. The summed E-state index contributed by atoms with van der Waals surface area (Å²) in [6, 6.07) is 0.356. The van der Waals surface area contributed by atoms with E-state index in [4.69, 9.17) is 0 Å². The monoisotopic (exact) mass is 219 g/mol. The van der Waals surface area contributed by atoms with Gasteiger partial charge < -0.3 is 4.90 Å². The maximum Gasteiger partial charge on any atom is 0.274 e. The fourth-order valence-electron chi connectivity index (χ4n) is 2.29. The van der Waals surface area contributed by atoms with E-state index < -0.39 is 0 Å². The third kappa shape index (κ3) is 2.05. The van der Waals surface area contributed by atoms with Crippen molar-refractivity contribution in [3.05, 3.63) is 24.3 Å². The molecule has 1 fully saturated rings. The number of aromatic nitrogens is 2. The largest absolute Gasteiger partial charge is 0.334 e. The summed E-state index contributed by atoms with van der Waals surface area (Å²) in [5.74, 6) is 0.521. The van der Waals surface area contributed by atoms with Crippen molar-refractivity contribution >= 4 is 5.91 Å². The molecule has 1 aliphatic heterocycles. The van der Waals surface area contributed by atoms with Crippen LogP contribution in [-0.2, 0) is 0 Å². The van der Waals surface area contributed by atoms with Crippen LogP contribution in [0.15, 0.2) is 18.6 Å². The van der Waals surface area contributed by atoms with E-state index >= 15 is 0 Å². The Balaban J connectivity index is 2.16. The van der Waals surface area contributed by atoms with Crippen LogP contribution in [0.25, 0.3) is 0 Å². The maximum atomic E-state index is 12.2. The van der Waals surface area contributed by atoms with Crippen LogP contribution < -0.4 is 0 Å². The van der Waals surface area contributed by atoms with Crippen LogP contribution >= 0.6 is 0 Å². The standard InChI is InChI=1S/C12H17N3O/c1-9(2)11-4-3-7-15(11)12(16)10-8-13-5-6-14-10/h5-6,8-9,11H,3-4,7H2,1-2H3. The summed E-state index contributed by atoms with van der Waals surface area (Å²) in [5, 5.41) is 0. The fourth-order valence-corrected chi connectivity index (χ4v) is 2.29. The van der Waals surface area contributed by atoms with E-state index in [1.54, 1.807) is 12.4 Å². The van der Waals surface area contributed by atoms with Gasteiger partial charge in [0.2, 0.25) is 0 Å². The topological polar surface area (TPSA) is 46.1 Å². The number of nitrogens with zero attached hydrogens (tertiary/aromatic N) is 3. The van der Waals surface area contributed by atoms with Crippen molar-refractivity contribution in [2.45, 2.75) is 32.7 Å². The van der Waals surface area contributed by atoms with Gasteiger partial charge in [-0.05, 0) is 18.8 Å². The Kier molecular flexibility index (Phi) is 3.17. The second-order valence-corrected chi connectivity index (χ2v) is 4.54. The van der Waals surface area contributed by atoms with E-state index in [2.05, 4.69) is 23.8 Å². The number of amides is 1. The van der Waals surface area contributed by atoms with E-state index in [0.717, 1.165) is 19.4 Å². The Morgan fingerprint density at radius 2 is 2.31 bits per heavy atom. The zero-order valence-corrected chi connectivity index (χ0v) is 9.76. The predicted molar refractivity (Wildman–Crippen MR) is 60.9 cm³/mol. The van der Waals surface area contributed by atoms with E-state index in [0.29, 0.717) is 17.7 Å². The van der Waals surface area contributed by atoms with E-state index in [9.17, 15) is 4.79 Å². The minimum Gasteiger partial charge on any atom is -0.334 e. The summed E-state index contributed by atoms with van der Waals surface area (Å²) < 4.78 is 0. The number of carbonyl (C=O) groups excluding carboxylic acids is 1. The summed E-state index contributed by atoms with van der Waals surface area (Å²) in [4.78, 5) is 22.1. The summed E-state index contributed by atoms with van der Waals surface area (Å²) in [5.41, 5.74) is 0.454. The Bertz CT molecular complexity index is 364. The van der Waals surface area contributed by atoms with Crippen LogP contribution in [0.1, 0.15) is 37.2 Å². The first kappa shape index (κ1) is 11.0. The van der Waals surface area contributed by atoms with Gasteiger partial charge >= 0.3 is 0 Å². The minimum absolute atomic E-state index is 0.0179. The van der Waals surface area contributed by atoms with Gasteiger partial charge in [0.15, 0.2) is 0 Å². The highest BCUT2D eigenvalue weighted by Gasteiger charge is 2.31. The summed E-state index contributed by atoms with van der Waals surface area (Å²) >= 11 is 0. The first-order valence-corrected chi connectivity index (χ1v) is 5.77. The van der Waals surface area contributed by atoms with Crippen LogP contribution in [0.3, 0.4) is 0 Å². The molecular weight excluding hydrogens is 202 g/mol. The highest BCUT2D eigenvalue weighted by atomic mass is 16.2. The molecule has 4 nitrogen and oxygen atoms in total. The second kappa shape index (κ2) is 4.60. The van der Waals surface area contributed by atoms with Crippen LogP contribution in [0.4, 0.5) is 0 Å². The number of rotatable bonds is 2. The van der Waals surface area contributed by atoms with Crippen molar-refractivity contribution < 1.29 is 4.79 Å². The van der Waals surface area contributed by atoms with Gasteiger partial charge in [-0.15, -0.1) is 0 Å². The zero-order chi connectivity index (χ0) is 11.5. The zero-order valence-electron chi connectivity index (χ0n) is 9.76. The van der Waals surface area contributed by atoms with E-state index in [1.807, 2.05) is 4.90 Å². The molecule has 1 aromatic rings. The molecule has 1 atom stereocenters.